The van der Waals surface area contributed by atoms with Gasteiger partial charge in [0.15, 0.2) is 0 Å². The highest BCUT2D eigenvalue weighted by atomic mass is 79.9. The first-order valence-electron chi connectivity index (χ1n) is 7.50. The molecule has 4 aromatic rings. The van der Waals surface area contributed by atoms with Crippen LogP contribution in [0.2, 0.25) is 0 Å². The molecule has 0 radical (unpaired) electrons. The summed E-state index contributed by atoms with van der Waals surface area (Å²) in [5.74, 6) is 0.595. The second-order valence-corrected chi connectivity index (χ2v) is 7.49. The molecular weight excluding hydrogens is 384 g/mol. The van der Waals surface area contributed by atoms with E-state index in [0.29, 0.717) is 11.1 Å². The van der Waals surface area contributed by atoms with E-state index in [1.54, 1.807) is 11.3 Å². The van der Waals surface area contributed by atoms with Crippen LogP contribution in [-0.2, 0) is 0 Å². The van der Waals surface area contributed by atoms with Crippen LogP contribution in [0, 0.1) is 6.92 Å². The smallest absolute Gasteiger partial charge is 0.345 e. The normalized spacial score (nSPS) is 11.1. The van der Waals surface area contributed by atoms with E-state index in [2.05, 4.69) is 28.1 Å². The molecule has 4 rings (SSSR count). The van der Waals surface area contributed by atoms with Crippen molar-refractivity contribution in [1.29, 1.82) is 0 Å². The highest BCUT2D eigenvalue weighted by molar-refractivity contribution is 9.10. The van der Waals surface area contributed by atoms with Gasteiger partial charge in [0.05, 0.1) is 5.39 Å². The molecule has 2 nitrogen and oxygen atoms in total. The van der Waals surface area contributed by atoms with Crippen molar-refractivity contribution < 1.29 is 4.42 Å². The van der Waals surface area contributed by atoms with Gasteiger partial charge in [-0.1, -0.05) is 57.9 Å². The van der Waals surface area contributed by atoms with Crippen molar-refractivity contribution in [1.82, 2.24) is 0 Å². The Hall–Kier alpha value is -2.17. The fourth-order valence-corrected chi connectivity index (χ4v) is 3.94. The van der Waals surface area contributed by atoms with Crippen molar-refractivity contribution in [3.8, 4) is 22.5 Å². The van der Waals surface area contributed by atoms with Crippen LogP contribution in [0.25, 0.3) is 32.5 Å². The largest absolute Gasteiger partial charge is 0.422 e. The highest BCUT2D eigenvalue weighted by Gasteiger charge is 2.14. The molecule has 4 heteroatoms. The summed E-state index contributed by atoms with van der Waals surface area (Å²) in [7, 11) is 0. The Morgan fingerprint density at radius 2 is 1.62 bits per heavy atom. The first-order valence-corrected chi connectivity index (χ1v) is 9.17. The van der Waals surface area contributed by atoms with E-state index in [1.165, 1.54) is 5.56 Å². The van der Waals surface area contributed by atoms with Gasteiger partial charge < -0.3 is 4.42 Å². The maximum absolute atomic E-state index is 12.6. The Bertz CT molecular complexity index is 1070. The van der Waals surface area contributed by atoms with Gasteiger partial charge in [0.2, 0.25) is 0 Å². The van der Waals surface area contributed by atoms with Gasteiger partial charge in [0, 0.05) is 25.7 Å². The maximum Gasteiger partial charge on any atom is 0.345 e. The lowest BCUT2D eigenvalue weighted by molar-refractivity contribution is 0.535. The zero-order valence-corrected chi connectivity index (χ0v) is 15.3. The Labute approximate surface area is 151 Å². The lowest BCUT2D eigenvalue weighted by Gasteiger charge is -2.03. The van der Waals surface area contributed by atoms with Gasteiger partial charge >= 0.3 is 5.63 Å². The van der Waals surface area contributed by atoms with E-state index in [1.807, 2.05) is 54.8 Å². The van der Waals surface area contributed by atoms with Crippen LogP contribution in [0.5, 0.6) is 0 Å². The molecule has 0 saturated carbocycles. The topological polar surface area (TPSA) is 30.2 Å². The van der Waals surface area contributed by atoms with Gasteiger partial charge in [0.1, 0.15) is 5.76 Å². The summed E-state index contributed by atoms with van der Waals surface area (Å²) < 4.78 is 7.53. The molecule has 0 bridgehead atoms. The zero-order chi connectivity index (χ0) is 16.7. The first-order chi connectivity index (χ1) is 11.6. The molecule has 2 aromatic heterocycles. The van der Waals surface area contributed by atoms with Crippen LogP contribution in [0.4, 0.5) is 0 Å². The number of hydrogen-bond donors (Lipinski definition) is 0. The molecule has 0 unspecified atom stereocenters. The van der Waals surface area contributed by atoms with Crippen LogP contribution < -0.4 is 5.63 Å². The van der Waals surface area contributed by atoms with Gasteiger partial charge in [-0.25, -0.2) is 4.79 Å². The molecule has 2 aromatic carbocycles. The molecule has 0 atom stereocenters. The fourth-order valence-electron chi connectivity index (χ4n) is 2.69. The molecule has 2 heterocycles. The van der Waals surface area contributed by atoms with Gasteiger partial charge in [-0.2, -0.15) is 0 Å². The van der Waals surface area contributed by atoms with E-state index in [0.717, 1.165) is 25.9 Å². The van der Waals surface area contributed by atoms with E-state index in [4.69, 9.17) is 4.42 Å². The van der Waals surface area contributed by atoms with Crippen molar-refractivity contribution in [2.24, 2.45) is 0 Å². The summed E-state index contributed by atoms with van der Waals surface area (Å²) in [6.07, 6.45) is 0. The van der Waals surface area contributed by atoms with Crippen LogP contribution >= 0.6 is 27.3 Å². The monoisotopic (exact) mass is 396 g/mol. The van der Waals surface area contributed by atoms with Crippen molar-refractivity contribution in [2.75, 3.05) is 0 Å². The molecule has 0 saturated heterocycles. The number of fused-ring (bicyclic) bond motifs is 1. The standard InChI is InChI=1S/C20H13BrO2S/c1-12-2-4-13(5-3-12)16-11-24-18-10-17(23-20(22)19(16)18)14-6-8-15(21)9-7-14/h2-11H,1H3. The minimum atomic E-state index is -0.290. The molecule has 0 fully saturated rings. The summed E-state index contributed by atoms with van der Waals surface area (Å²) in [4.78, 5) is 12.6. The number of rotatable bonds is 2. The average Bonchev–Trinajstić information content (AvgIpc) is 3.01. The molecule has 0 amide bonds. The predicted molar refractivity (Wildman–Crippen MR) is 104 cm³/mol. The lowest BCUT2D eigenvalue weighted by atomic mass is 10.0. The van der Waals surface area contributed by atoms with Crippen molar-refractivity contribution >= 4 is 37.4 Å². The second kappa shape index (κ2) is 6.04. The summed E-state index contributed by atoms with van der Waals surface area (Å²) in [6.45, 7) is 2.05. The Balaban J connectivity index is 1.88. The van der Waals surface area contributed by atoms with Gasteiger partial charge in [0.25, 0.3) is 0 Å². The van der Waals surface area contributed by atoms with Crippen molar-refractivity contribution in [3.05, 3.63) is 80.4 Å². The summed E-state index contributed by atoms with van der Waals surface area (Å²) in [6, 6.07) is 17.9. The minimum Gasteiger partial charge on any atom is -0.422 e. The summed E-state index contributed by atoms with van der Waals surface area (Å²) in [5, 5.41) is 2.68. The maximum atomic E-state index is 12.6. The van der Waals surface area contributed by atoms with Crippen molar-refractivity contribution in [2.45, 2.75) is 6.92 Å². The minimum absolute atomic E-state index is 0.290. The Morgan fingerprint density at radius 1 is 0.958 bits per heavy atom. The van der Waals surface area contributed by atoms with E-state index in [-0.39, 0.29) is 5.63 Å². The number of hydrogen-bond acceptors (Lipinski definition) is 3. The Morgan fingerprint density at radius 3 is 2.33 bits per heavy atom. The number of halogens is 1. The molecule has 0 aliphatic rings. The summed E-state index contributed by atoms with van der Waals surface area (Å²) >= 11 is 4.99. The van der Waals surface area contributed by atoms with Crippen LogP contribution in [0.1, 0.15) is 5.56 Å². The van der Waals surface area contributed by atoms with Gasteiger partial charge in [-0.05, 0) is 30.7 Å². The van der Waals surface area contributed by atoms with E-state index in [9.17, 15) is 4.79 Å². The molecule has 0 spiro atoms. The molecular formula is C20H13BrO2S. The third-order valence-corrected chi connectivity index (χ3v) is 5.44. The zero-order valence-electron chi connectivity index (χ0n) is 12.9. The molecule has 0 aliphatic heterocycles. The van der Waals surface area contributed by atoms with Gasteiger partial charge in [-0.15, -0.1) is 11.3 Å². The summed E-state index contributed by atoms with van der Waals surface area (Å²) in [5.41, 5.74) is 3.77. The SMILES string of the molecule is Cc1ccc(-c2csc3cc(-c4ccc(Br)cc4)oc(=O)c23)cc1. The molecule has 24 heavy (non-hydrogen) atoms. The third-order valence-electron chi connectivity index (χ3n) is 3.98. The van der Waals surface area contributed by atoms with Gasteiger partial charge in [-0.3, -0.25) is 0 Å². The predicted octanol–water partition coefficient (Wildman–Crippen LogP) is 6.26. The Kier molecular flexibility index (Phi) is 3.87. The van der Waals surface area contributed by atoms with Crippen LogP contribution in [0.3, 0.4) is 0 Å². The lowest BCUT2D eigenvalue weighted by Crippen LogP contribution is -1.99. The molecule has 0 aliphatic carbocycles. The fraction of sp³-hybridized carbons (Fsp3) is 0.0500. The van der Waals surface area contributed by atoms with E-state index >= 15 is 0 Å². The quantitative estimate of drug-likeness (QED) is 0.400. The first kappa shape index (κ1) is 15.4. The van der Waals surface area contributed by atoms with Crippen LogP contribution in [-0.4, -0.2) is 0 Å². The van der Waals surface area contributed by atoms with Crippen LogP contribution in [0.15, 0.2) is 73.7 Å². The number of aryl methyl sites for hydroxylation is 1. The van der Waals surface area contributed by atoms with Crippen molar-refractivity contribution in [3.63, 3.8) is 0 Å². The third kappa shape index (κ3) is 2.72. The number of benzene rings is 2. The molecule has 118 valence electrons. The van der Waals surface area contributed by atoms with E-state index < -0.39 is 0 Å². The second-order valence-electron chi connectivity index (χ2n) is 5.66. The number of thiophene rings is 1. The average molecular weight is 397 g/mol. The molecule has 0 N–H and O–H groups in total. The highest BCUT2D eigenvalue weighted by Crippen LogP contribution is 2.34.